The fourth-order valence-corrected chi connectivity index (χ4v) is 2.51. The number of nitrogens with zero attached hydrogens (tertiary/aromatic N) is 1. The molecule has 1 unspecified atom stereocenters. The molecule has 0 heterocycles. The highest BCUT2D eigenvalue weighted by Crippen LogP contribution is 2.44. The Bertz CT molecular complexity index is 357. The van der Waals surface area contributed by atoms with Crippen molar-refractivity contribution in [1.29, 1.82) is 5.26 Å². The maximum absolute atomic E-state index is 11.5. The standard InChI is InChI=1S/C14H21NO3/c1-17-9-12-5-3-4-7-14(12,11-15)8-6-13(16)10-18-2/h9H,3-8,10H2,1-2H3/b12-9-. The highest BCUT2D eigenvalue weighted by atomic mass is 16.5. The fourth-order valence-electron chi connectivity index (χ4n) is 2.51. The number of hydrogen-bond acceptors (Lipinski definition) is 4. The summed E-state index contributed by atoms with van der Waals surface area (Å²) >= 11 is 0. The molecule has 1 aliphatic carbocycles. The lowest BCUT2D eigenvalue weighted by Crippen LogP contribution is -2.27. The molecule has 1 fully saturated rings. The maximum atomic E-state index is 11.5. The number of ketones is 1. The van der Waals surface area contributed by atoms with Gasteiger partial charge in [0.15, 0.2) is 5.78 Å². The first-order chi connectivity index (χ1) is 8.68. The monoisotopic (exact) mass is 251 g/mol. The molecule has 0 bridgehead atoms. The van der Waals surface area contributed by atoms with Gasteiger partial charge in [-0.2, -0.15) is 5.26 Å². The third kappa shape index (κ3) is 3.58. The Hall–Kier alpha value is -1.34. The zero-order valence-electron chi connectivity index (χ0n) is 11.2. The van der Waals surface area contributed by atoms with Gasteiger partial charge in [0.1, 0.15) is 6.61 Å². The summed E-state index contributed by atoms with van der Waals surface area (Å²) in [5, 5.41) is 9.49. The number of methoxy groups -OCH3 is 2. The predicted octanol–water partition coefficient (Wildman–Crippen LogP) is 2.60. The summed E-state index contributed by atoms with van der Waals surface area (Å²) in [6.07, 6.45) is 6.48. The van der Waals surface area contributed by atoms with E-state index in [0.29, 0.717) is 12.8 Å². The summed E-state index contributed by atoms with van der Waals surface area (Å²) in [6.45, 7) is 0.130. The molecule has 4 heteroatoms. The Balaban J connectivity index is 2.73. The minimum Gasteiger partial charge on any atom is -0.504 e. The largest absolute Gasteiger partial charge is 0.504 e. The van der Waals surface area contributed by atoms with Crippen LogP contribution in [-0.4, -0.2) is 26.6 Å². The Morgan fingerprint density at radius 2 is 2.28 bits per heavy atom. The average Bonchev–Trinajstić information content (AvgIpc) is 2.39. The van der Waals surface area contributed by atoms with Gasteiger partial charge in [-0.25, -0.2) is 0 Å². The van der Waals surface area contributed by atoms with Gasteiger partial charge in [0, 0.05) is 13.5 Å². The quantitative estimate of drug-likeness (QED) is 0.681. The molecule has 0 aliphatic heterocycles. The molecule has 100 valence electrons. The van der Waals surface area contributed by atoms with Gasteiger partial charge in [-0.1, -0.05) is 6.42 Å². The van der Waals surface area contributed by atoms with Crippen molar-refractivity contribution < 1.29 is 14.3 Å². The second-order valence-corrected chi connectivity index (χ2v) is 4.75. The molecule has 18 heavy (non-hydrogen) atoms. The molecule has 1 atom stereocenters. The lowest BCUT2D eigenvalue weighted by Gasteiger charge is -2.33. The Morgan fingerprint density at radius 3 is 2.89 bits per heavy atom. The first-order valence-corrected chi connectivity index (χ1v) is 6.33. The number of rotatable bonds is 6. The van der Waals surface area contributed by atoms with Gasteiger partial charge in [-0.15, -0.1) is 0 Å². The van der Waals surface area contributed by atoms with Crippen LogP contribution in [0, 0.1) is 16.7 Å². The van der Waals surface area contributed by atoms with E-state index in [1.807, 2.05) is 0 Å². The minimum absolute atomic E-state index is 0.0504. The first-order valence-electron chi connectivity index (χ1n) is 6.33. The van der Waals surface area contributed by atoms with Crippen molar-refractivity contribution in [3.8, 4) is 6.07 Å². The number of nitriles is 1. The van der Waals surface area contributed by atoms with Gasteiger partial charge in [-0.05, 0) is 31.3 Å². The SMILES string of the molecule is CO/C=C1/CCCCC1(C#N)CCC(=O)COC. The van der Waals surface area contributed by atoms with Crippen molar-refractivity contribution in [3.63, 3.8) is 0 Å². The van der Waals surface area contributed by atoms with E-state index in [2.05, 4.69) is 6.07 Å². The molecule has 0 aromatic heterocycles. The van der Waals surface area contributed by atoms with Crippen molar-refractivity contribution in [2.24, 2.45) is 5.41 Å². The molecule has 1 rings (SSSR count). The number of allylic oxidation sites excluding steroid dienone is 1. The number of Topliss-reactive ketones (excluding diaryl/α,β-unsaturated/α-hetero) is 1. The molecule has 0 aromatic carbocycles. The van der Waals surface area contributed by atoms with E-state index < -0.39 is 5.41 Å². The van der Waals surface area contributed by atoms with Crippen LogP contribution in [0.15, 0.2) is 11.8 Å². The van der Waals surface area contributed by atoms with Crippen LogP contribution in [0.4, 0.5) is 0 Å². The summed E-state index contributed by atoms with van der Waals surface area (Å²) in [4.78, 5) is 11.5. The second-order valence-electron chi connectivity index (χ2n) is 4.75. The Morgan fingerprint density at radius 1 is 1.50 bits per heavy atom. The van der Waals surface area contributed by atoms with Gasteiger partial charge in [0.25, 0.3) is 0 Å². The van der Waals surface area contributed by atoms with Gasteiger partial charge in [-0.3, -0.25) is 4.79 Å². The van der Waals surface area contributed by atoms with E-state index in [4.69, 9.17) is 9.47 Å². The van der Waals surface area contributed by atoms with Crippen molar-refractivity contribution in [2.75, 3.05) is 20.8 Å². The van der Waals surface area contributed by atoms with Gasteiger partial charge < -0.3 is 9.47 Å². The Kier molecular flexibility index (Phi) is 5.87. The molecule has 1 saturated carbocycles. The van der Waals surface area contributed by atoms with Gasteiger partial charge in [0.05, 0.1) is 24.9 Å². The van der Waals surface area contributed by atoms with Crippen LogP contribution < -0.4 is 0 Å². The van der Waals surface area contributed by atoms with E-state index in [9.17, 15) is 10.1 Å². The molecule has 0 aromatic rings. The molecule has 0 saturated heterocycles. The molecule has 1 aliphatic rings. The lowest BCUT2D eigenvalue weighted by atomic mass is 9.69. The zero-order valence-corrected chi connectivity index (χ0v) is 11.2. The fraction of sp³-hybridized carbons (Fsp3) is 0.714. The van der Waals surface area contributed by atoms with Gasteiger partial charge in [0.2, 0.25) is 0 Å². The van der Waals surface area contributed by atoms with Crippen molar-refractivity contribution in [2.45, 2.75) is 38.5 Å². The number of ether oxygens (including phenoxy) is 2. The molecular weight excluding hydrogens is 230 g/mol. The van der Waals surface area contributed by atoms with Crippen molar-refractivity contribution >= 4 is 5.78 Å². The predicted molar refractivity (Wildman–Crippen MR) is 67.7 cm³/mol. The average molecular weight is 251 g/mol. The molecule has 0 radical (unpaired) electrons. The third-order valence-electron chi connectivity index (χ3n) is 3.52. The van der Waals surface area contributed by atoms with Crippen LogP contribution in [0.25, 0.3) is 0 Å². The van der Waals surface area contributed by atoms with Gasteiger partial charge >= 0.3 is 0 Å². The van der Waals surface area contributed by atoms with Crippen LogP contribution in [0.1, 0.15) is 38.5 Å². The van der Waals surface area contributed by atoms with Crippen molar-refractivity contribution in [3.05, 3.63) is 11.8 Å². The van der Waals surface area contributed by atoms with Crippen LogP contribution >= 0.6 is 0 Å². The van der Waals surface area contributed by atoms with Crippen LogP contribution in [0.2, 0.25) is 0 Å². The maximum Gasteiger partial charge on any atom is 0.158 e. The third-order valence-corrected chi connectivity index (χ3v) is 3.52. The molecule has 0 amide bonds. The van der Waals surface area contributed by atoms with E-state index in [-0.39, 0.29) is 12.4 Å². The van der Waals surface area contributed by atoms with Crippen LogP contribution in [-0.2, 0) is 14.3 Å². The number of hydrogen-bond donors (Lipinski definition) is 0. The summed E-state index contributed by atoms with van der Waals surface area (Å²) in [7, 11) is 3.11. The molecule has 4 nitrogen and oxygen atoms in total. The summed E-state index contributed by atoms with van der Waals surface area (Å²) in [5.74, 6) is 0.0504. The van der Waals surface area contributed by atoms with Crippen LogP contribution in [0.5, 0.6) is 0 Å². The normalized spacial score (nSPS) is 25.7. The van der Waals surface area contributed by atoms with E-state index in [0.717, 1.165) is 31.3 Å². The molecule has 0 N–H and O–H groups in total. The number of carbonyl (C=O) groups excluding carboxylic acids is 1. The van der Waals surface area contributed by atoms with Crippen molar-refractivity contribution in [1.82, 2.24) is 0 Å². The smallest absolute Gasteiger partial charge is 0.158 e. The lowest BCUT2D eigenvalue weighted by molar-refractivity contribution is -0.123. The summed E-state index contributed by atoms with van der Waals surface area (Å²) in [6, 6.07) is 2.41. The molecular formula is C14H21NO3. The summed E-state index contributed by atoms with van der Waals surface area (Å²) < 4.78 is 9.88. The summed E-state index contributed by atoms with van der Waals surface area (Å²) in [5.41, 5.74) is 0.515. The minimum atomic E-state index is -0.516. The Labute approximate surface area is 109 Å². The number of carbonyl (C=O) groups is 1. The highest BCUT2D eigenvalue weighted by molar-refractivity contribution is 5.79. The van der Waals surface area contributed by atoms with E-state index in [1.165, 1.54) is 7.11 Å². The highest BCUT2D eigenvalue weighted by Gasteiger charge is 2.37. The van der Waals surface area contributed by atoms with E-state index >= 15 is 0 Å². The second kappa shape index (κ2) is 7.17. The first kappa shape index (κ1) is 14.7. The van der Waals surface area contributed by atoms with E-state index in [1.54, 1.807) is 13.4 Å². The van der Waals surface area contributed by atoms with Crippen LogP contribution in [0.3, 0.4) is 0 Å². The topological polar surface area (TPSA) is 59.3 Å². The zero-order chi connectivity index (χ0) is 13.4. The molecule has 0 spiro atoms.